The Bertz CT molecular complexity index is 1860. The van der Waals surface area contributed by atoms with Crippen molar-refractivity contribution in [3.8, 4) is 17.6 Å². The number of para-hydroxylation sites is 3. The molecule has 252 valence electrons. The molecule has 3 atom stereocenters. The number of rotatable bonds is 0. The van der Waals surface area contributed by atoms with Gasteiger partial charge in [0.25, 0.3) is 0 Å². The predicted molar refractivity (Wildman–Crippen MR) is 187 cm³/mol. The standard InChI is InChI=1S/3C12H11BrNO.3BrH/c3*1-8-6-12-14(11(13)7-15-12)10-5-3-2-4-9(8)10;;;/h3*2-6,11H,7H2,1H3;3*1H/q3*+1;;;/p-3. The number of alkyl halides is 3. The maximum Gasteiger partial charge on any atom is 0.369 e. The van der Waals surface area contributed by atoms with E-state index in [0.29, 0.717) is 19.8 Å². The van der Waals surface area contributed by atoms with Crippen LogP contribution in [0.25, 0.3) is 32.7 Å². The Morgan fingerprint density at radius 2 is 0.708 bits per heavy atom. The van der Waals surface area contributed by atoms with Gasteiger partial charge in [-0.15, -0.1) is 13.7 Å². The van der Waals surface area contributed by atoms with E-state index < -0.39 is 0 Å². The molecule has 6 aromatic rings. The third kappa shape index (κ3) is 7.30. The van der Waals surface area contributed by atoms with E-state index in [4.69, 9.17) is 14.2 Å². The van der Waals surface area contributed by atoms with Crippen molar-refractivity contribution in [2.45, 2.75) is 35.6 Å². The maximum absolute atomic E-state index is 5.62. The van der Waals surface area contributed by atoms with Gasteiger partial charge in [-0.1, -0.05) is 36.4 Å². The Balaban J connectivity index is 0.000000158. The first-order chi connectivity index (χ1) is 21.8. The number of hydrogen-bond donors (Lipinski definition) is 0. The zero-order chi connectivity index (χ0) is 31.2. The van der Waals surface area contributed by atoms with Crippen LogP contribution < -0.4 is 78.9 Å². The Hall–Kier alpha value is -1.83. The molecular weight excluding hydrogens is 1000 g/mol. The second-order valence-corrected chi connectivity index (χ2v) is 14.6. The highest BCUT2D eigenvalue weighted by Crippen LogP contribution is 2.30. The van der Waals surface area contributed by atoms with Crippen LogP contribution in [-0.4, -0.2) is 19.8 Å². The van der Waals surface area contributed by atoms with Crippen LogP contribution in [0.4, 0.5) is 0 Å². The van der Waals surface area contributed by atoms with Gasteiger partial charge in [0.05, 0.1) is 18.2 Å². The lowest BCUT2D eigenvalue weighted by Gasteiger charge is -2.02. The van der Waals surface area contributed by atoms with Crippen molar-refractivity contribution in [1.29, 1.82) is 0 Å². The summed E-state index contributed by atoms with van der Waals surface area (Å²) in [6.45, 7) is 8.46. The number of aryl methyl sites for hydroxylation is 3. The molecule has 0 radical (unpaired) electrons. The summed E-state index contributed by atoms with van der Waals surface area (Å²) < 4.78 is 23.4. The normalized spacial score (nSPS) is 17.8. The SMILES string of the molecule is Cc1cc2[n+](c3ccccc13)C(Br)CO2.Cc1cc2[n+](c3ccccc13)C(Br)CO2.Cc1cc2[n+](c3ccccc13)C(Br)CO2.[Br-].[Br-].[Br-]. The van der Waals surface area contributed by atoms with Crippen LogP contribution in [-0.2, 0) is 0 Å². The highest BCUT2D eigenvalue weighted by Gasteiger charge is 2.34. The van der Waals surface area contributed by atoms with Gasteiger partial charge in [0.1, 0.15) is 0 Å². The minimum atomic E-state index is 0. The van der Waals surface area contributed by atoms with Crippen molar-refractivity contribution in [1.82, 2.24) is 0 Å². The van der Waals surface area contributed by atoms with Gasteiger partial charge in [-0.05, 0) is 103 Å². The van der Waals surface area contributed by atoms with Crippen LogP contribution in [0.5, 0.6) is 17.6 Å². The molecule has 0 saturated carbocycles. The molecule has 0 spiro atoms. The molecule has 9 rings (SSSR count). The first-order valence-corrected chi connectivity index (χ1v) is 17.7. The molecule has 0 saturated heterocycles. The molecule has 3 aromatic carbocycles. The quantitative estimate of drug-likeness (QED) is 0.148. The van der Waals surface area contributed by atoms with E-state index in [9.17, 15) is 0 Å². The van der Waals surface area contributed by atoms with E-state index in [-0.39, 0.29) is 65.8 Å². The largest absolute Gasteiger partial charge is 1.00 e. The van der Waals surface area contributed by atoms with Crippen LogP contribution >= 0.6 is 47.8 Å². The Morgan fingerprint density at radius 3 is 0.979 bits per heavy atom. The van der Waals surface area contributed by atoms with Gasteiger partial charge in [-0.25, -0.2) is 0 Å². The van der Waals surface area contributed by atoms with Crippen LogP contribution in [0.2, 0.25) is 0 Å². The fourth-order valence-corrected chi connectivity index (χ4v) is 7.96. The first-order valence-electron chi connectivity index (χ1n) is 14.9. The lowest BCUT2D eigenvalue weighted by molar-refractivity contribution is -0.654. The number of halogens is 6. The van der Waals surface area contributed by atoms with E-state index in [1.807, 2.05) is 0 Å². The second kappa shape index (κ2) is 16.5. The molecule has 3 aliphatic rings. The summed E-state index contributed by atoms with van der Waals surface area (Å²) in [5.41, 5.74) is 7.47. The number of fused-ring (bicyclic) bond motifs is 9. The first kappa shape index (κ1) is 39.0. The maximum atomic E-state index is 5.62. The minimum absolute atomic E-state index is 0. The van der Waals surface area contributed by atoms with E-state index in [2.05, 4.69) is 173 Å². The molecule has 3 unspecified atom stereocenters. The fraction of sp³-hybridized carbons (Fsp3) is 0.250. The molecular formula is C36H33Br6N3O3. The average molecular weight is 1040 g/mol. The van der Waals surface area contributed by atoms with E-state index in [1.54, 1.807) is 0 Å². The van der Waals surface area contributed by atoms with E-state index in [0.717, 1.165) is 17.6 Å². The fourth-order valence-electron chi connectivity index (χ4n) is 6.29. The van der Waals surface area contributed by atoms with Crippen molar-refractivity contribution in [3.63, 3.8) is 0 Å². The van der Waals surface area contributed by atoms with Crippen molar-refractivity contribution < 1.29 is 78.9 Å². The number of nitrogens with zero attached hydrogens (tertiary/aromatic N) is 3. The zero-order valence-electron chi connectivity index (χ0n) is 26.3. The molecule has 0 fully saturated rings. The predicted octanol–water partition coefficient (Wildman–Crippen LogP) is -0.823. The van der Waals surface area contributed by atoms with E-state index >= 15 is 0 Å². The molecule has 48 heavy (non-hydrogen) atoms. The molecule has 0 aliphatic carbocycles. The van der Waals surface area contributed by atoms with Crippen LogP contribution in [0, 0.1) is 20.8 Å². The van der Waals surface area contributed by atoms with Gasteiger partial charge in [-0.2, -0.15) is 0 Å². The number of ether oxygens (including phenoxy) is 3. The topological polar surface area (TPSA) is 39.3 Å². The molecule has 12 heteroatoms. The Kier molecular flexibility index (Phi) is 13.4. The van der Waals surface area contributed by atoms with Crippen molar-refractivity contribution in [2.24, 2.45) is 0 Å². The summed E-state index contributed by atoms with van der Waals surface area (Å²) in [7, 11) is 0. The summed E-state index contributed by atoms with van der Waals surface area (Å²) in [4.78, 5) is 0.744. The Morgan fingerprint density at radius 1 is 0.458 bits per heavy atom. The summed E-state index contributed by atoms with van der Waals surface area (Å²) in [6, 6.07) is 31.5. The molecule has 0 amide bonds. The average Bonchev–Trinajstić information content (AvgIpc) is 3.74. The molecule has 3 aromatic heterocycles. The Labute approximate surface area is 337 Å². The molecule has 3 aliphatic heterocycles. The third-order valence-electron chi connectivity index (χ3n) is 8.44. The van der Waals surface area contributed by atoms with Crippen LogP contribution in [0.15, 0.2) is 91.0 Å². The number of pyridine rings is 3. The van der Waals surface area contributed by atoms with Gasteiger partial charge in [0.15, 0.2) is 19.8 Å². The third-order valence-corrected chi connectivity index (χ3v) is 10.5. The highest BCUT2D eigenvalue weighted by atomic mass is 79.9. The van der Waals surface area contributed by atoms with Crippen LogP contribution in [0.1, 0.15) is 31.5 Å². The minimum Gasteiger partial charge on any atom is -1.00 e. The van der Waals surface area contributed by atoms with Gasteiger partial charge in [-0.3, -0.25) is 0 Å². The van der Waals surface area contributed by atoms with Gasteiger partial charge in [0.2, 0.25) is 31.4 Å². The molecule has 0 bridgehead atoms. The number of benzene rings is 3. The highest BCUT2D eigenvalue weighted by molar-refractivity contribution is 9.09. The van der Waals surface area contributed by atoms with Crippen molar-refractivity contribution in [2.75, 3.05) is 19.8 Å². The van der Waals surface area contributed by atoms with Gasteiger partial charge >= 0.3 is 17.6 Å². The summed E-state index contributed by atoms with van der Waals surface area (Å²) >= 11 is 10.9. The summed E-state index contributed by atoms with van der Waals surface area (Å²) in [5, 5.41) is 3.86. The second-order valence-electron chi connectivity index (χ2n) is 11.4. The lowest BCUT2D eigenvalue weighted by Crippen LogP contribution is -3.00. The number of aromatic nitrogens is 3. The van der Waals surface area contributed by atoms with Gasteiger partial charge < -0.3 is 65.2 Å². The van der Waals surface area contributed by atoms with E-state index in [1.165, 1.54) is 49.4 Å². The zero-order valence-corrected chi connectivity index (χ0v) is 35.9. The number of hydrogen-bond acceptors (Lipinski definition) is 3. The summed E-state index contributed by atoms with van der Waals surface area (Å²) in [6.07, 6.45) is 0. The van der Waals surface area contributed by atoms with Crippen LogP contribution in [0.3, 0.4) is 0 Å². The van der Waals surface area contributed by atoms with Crippen molar-refractivity contribution in [3.05, 3.63) is 108 Å². The summed E-state index contributed by atoms with van der Waals surface area (Å²) in [5.74, 6) is 2.86. The molecule has 6 heterocycles. The molecule has 6 nitrogen and oxygen atoms in total. The smallest absolute Gasteiger partial charge is 0.369 e. The lowest BCUT2D eigenvalue weighted by atomic mass is 10.1. The monoisotopic (exact) mass is 1030 g/mol. The van der Waals surface area contributed by atoms with Gasteiger partial charge in [0, 0.05) is 34.4 Å². The van der Waals surface area contributed by atoms with Crippen molar-refractivity contribution >= 4 is 80.5 Å². The molecule has 0 N–H and O–H groups in total.